The van der Waals surface area contributed by atoms with E-state index in [1.54, 1.807) is 45.3 Å². The molecule has 1 aromatic rings. The van der Waals surface area contributed by atoms with Crippen LogP contribution in [0.5, 0.6) is 0 Å². The molecule has 0 heterocycles. The van der Waals surface area contributed by atoms with E-state index in [1.165, 1.54) is 31.7 Å². The lowest BCUT2D eigenvalue weighted by Crippen LogP contribution is -2.61. The van der Waals surface area contributed by atoms with Crippen molar-refractivity contribution in [3.63, 3.8) is 0 Å². The number of aliphatic carboxylic acids is 1. The van der Waals surface area contributed by atoms with Crippen molar-refractivity contribution in [2.75, 3.05) is 19.4 Å². The number of amides is 7. The molecule has 0 aromatic heterocycles. The Kier molecular flexibility index (Phi) is 18.5. The van der Waals surface area contributed by atoms with Gasteiger partial charge in [0.15, 0.2) is 0 Å². The fourth-order valence-electron chi connectivity index (χ4n) is 6.04. The summed E-state index contributed by atoms with van der Waals surface area (Å²) in [7, 11) is 3.19. The molecule has 6 atom stereocenters. The molecule has 0 bridgehead atoms. The van der Waals surface area contributed by atoms with Gasteiger partial charge in [-0.25, -0.2) is 4.79 Å². The number of nitrogens with two attached hydrogens (primary N) is 1. The molecule has 0 aliphatic heterocycles. The van der Waals surface area contributed by atoms with Crippen molar-refractivity contribution in [3.05, 3.63) is 41.5 Å². The average molecular weight is 801 g/mol. The van der Waals surface area contributed by atoms with Crippen molar-refractivity contribution in [3.8, 4) is 0 Å². The Morgan fingerprint density at radius 3 is 1.88 bits per heavy atom. The number of benzene rings is 1. The first-order chi connectivity index (χ1) is 26.2. The Labute approximate surface area is 336 Å². The van der Waals surface area contributed by atoms with Crippen LogP contribution in [-0.4, -0.2) is 108 Å². The molecule has 7 amide bonds. The summed E-state index contributed by atoms with van der Waals surface area (Å²) in [6, 6.07) is 0.703. The maximum atomic E-state index is 14.1. The largest absolute Gasteiger partial charge is 0.478 e. The Morgan fingerprint density at radius 2 is 1.39 bits per heavy atom. The number of carbonyl (C=O) groups is 8. The average Bonchev–Trinajstić information content (AvgIpc) is 3.10. The molecule has 0 unspecified atom stereocenters. The summed E-state index contributed by atoms with van der Waals surface area (Å²) in [4.78, 5) is 104. The van der Waals surface area contributed by atoms with Gasteiger partial charge in [-0.15, -0.1) is 0 Å². The molecule has 0 radical (unpaired) electrons. The highest BCUT2D eigenvalue weighted by atomic mass is 16.4. The summed E-state index contributed by atoms with van der Waals surface area (Å²) >= 11 is 0. The van der Waals surface area contributed by atoms with Gasteiger partial charge < -0.3 is 47.6 Å². The summed E-state index contributed by atoms with van der Waals surface area (Å²) in [6.07, 6.45) is 1.14. The summed E-state index contributed by atoms with van der Waals surface area (Å²) < 4.78 is 0. The quantitative estimate of drug-likeness (QED) is 0.0878. The molecule has 1 aromatic carbocycles. The summed E-state index contributed by atoms with van der Waals surface area (Å²) in [5.74, 6) is -5.50. The Hall–Kier alpha value is -5.32. The van der Waals surface area contributed by atoms with Crippen molar-refractivity contribution in [1.82, 2.24) is 31.5 Å². The van der Waals surface area contributed by atoms with Gasteiger partial charge in [-0.1, -0.05) is 73.6 Å². The highest BCUT2D eigenvalue weighted by Crippen LogP contribution is 2.31. The molecule has 57 heavy (non-hydrogen) atoms. The van der Waals surface area contributed by atoms with Gasteiger partial charge in [0, 0.05) is 30.1 Å². The summed E-state index contributed by atoms with van der Waals surface area (Å²) in [6.45, 7) is 18.7. The molecule has 17 nitrogen and oxygen atoms in total. The minimum Gasteiger partial charge on any atom is -0.478 e. The van der Waals surface area contributed by atoms with E-state index in [-0.39, 0.29) is 29.5 Å². The van der Waals surface area contributed by atoms with Crippen molar-refractivity contribution >= 4 is 53.0 Å². The van der Waals surface area contributed by atoms with Crippen LogP contribution in [0.3, 0.4) is 0 Å². The number of carboxylic acids is 1. The van der Waals surface area contributed by atoms with Gasteiger partial charge in [0.2, 0.25) is 41.4 Å². The first-order valence-electron chi connectivity index (χ1n) is 18.9. The zero-order valence-electron chi connectivity index (χ0n) is 35.6. The number of nitrogens with one attached hydrogen (secondary N) is 6. The lowest BCUT2D eigenvalue weighted by atomic mass is 9.76. The number of rotatable bonds is 20. The first-order valence-corrected chi connectivity index (χ1v) is 18.9. The van der Waals surface area contributed by atoms with E-state index in [9.17, 15) is 43.5 Å². The van der Waals surface area contributed by atoms with Crippen LogP contribution in [-0.2, 0) is 43.8 Å². The van der Waals surface area contributed by atoms with E-state index < -0.39 is 94.9 Å². The second kappa shape index (κ2) is 21.3. The molecule has 0 saturated carbocycles. The smallest absolute Gasteiger partial charge is 0.331 e. The van der Waals surface area contributed by atoms with Gasteiger partial charge in [0.25, 0.3) is 0 Å². The number of likely N-dealkylation sites (N-methyl/N-ethyl adjacent to an activating group) is 2. The van der Waals surface area contributed by atoms with E-state index in [0.29, 0.717) is 5.56 Å². The van der Waals surface area contributed by atoms with Crippen LogP contribution in [0.2, 0.25) is 0 Å². The fraction of sp³-hybridized carbons (Fsp3) is 0.600. The Balaban J connectivity index is 3.32. The number of primary amides is 1. The molecule has 9 N–H and O–H groups in total. The topological polar surface area (TPSA) is 258 Å². The van der Waals surface area contributed by atoms with Crippen LogP contribution in [0.1, 0.15) is 94.6 Å². The molecule has 0 aliphatic rings. The SMILES string of the molecule is CCC(=O)N[C@@H](C)C(=O)N[C@@H](C)C(=O)N[C@@H](CC(N)=O)C(=O)Nc1cccc(C(C)(C)[C@H](NC)C(=O)N[C@H](C(=O)N(C)[C@H](/C=C(\C)C(=O)O)C(C)C)C(C)(C)C)c1. The van der Waals surface area contributed by atoms with Gasteiger partial charge in [0.05, 0.1) is 18.5 Å². The molecule has 0 spiro atoms. The second-order valence-corrected chi connectivity index (χ2v) is 16.3. The maximum absolute atomic E-state index is 14.1. The standard InChI is InChI=1S/C40H64N8O9/c1-14-30(50)43-23(5)33(51)44-24(6)34(52)46-27(20-29(41)49)35(53)45-26-17-15-16-25(19-26)40(10,11)31(42-12)36(54)47-32(39(7,8)9)37(55)48(13)28(21(2)3)18-22(4)38(56)57/h15-19,21,23-24,27-28,31-32,42H,14,20H2,1-13H3,(H2,41,49)(H,43,50)(H,44,51)(H,45,53)(H,46,52)(H,47,54)(H,56,57)/b22-18+/t23-,24-,27-,28+,31+,32+/m0/s1. The van der Waals surface area contributed by atoms with Crippen LogP contribution >= 0.6 is 0 Å². The molecule has 1 rings (SSSR count). The van der Waals surface area contributed by atoms with Crippen LogP contribution in [0, 0.1) is 11.3 Å². The van der Waals surface area contributed by atoms with Crippen molar-refractivity contribution in [2.45, 2.75) is 131 Å². The Bertz CT molecular complexity index is 1680. The van der Waals surface area contributed by atoms with Gasteiger partial charge in [0.1, 0.15) is 24.2 Å². The predicted octanol–water partition coefficient (Wildman–Crippen LogP) is 1.32. The van der Waals surface area contributed by atoms with Crippen molar-refractivity contribution < 1.29 is 43.5 Å². The predicted molar refractivity (Wildman–Crippen MR) is 216 cm³/mol. The van der Waals surface area contributed by atoms with Crippen LogP contribution in [0.25, 0.3) is 0 Å². The maximum Gasteiger partial charge on any atom is 0.331 e. The normalized spacial score (nSPS) is 15.2. The molecule has 0 aliphatic carbocycles. The third-order valence-corrected chi connectivity index (χ3v) is 9.66. The zero-order valence-corrected chi connectivity index (χ0v) is 35.6. The third kappa shape index (κ3) is 14.6. The van der Waals surface area contributed by atoms with E-state index in [4.69, 9.17) is 5.73 Å². The number of nitrogens with zero attached hydrogens (tertiary/aromatic N) is 1. The number of hydrogen-bond acceptors (Lipinski definition) is 9. The second-order valence-electron chi connectivity index (χ2n) is 16.3. The van der Waals surface area contributed by atoms with Gasteiger partial charge in [-0.3, -0.25) is 33.6 Å². The lowest BCUT2D eigenvalue weighted by Gasteiger charge is -2.40. The summed E-state index contributed by atoms with van der Waals surface area (Å²) in [5, 5.41) is 25.6. The van der Waals surface area contributed by atoms with Gasteiger partial charge in [-0.2, -0.15) is 0 Å². The first kappa shape index (κ1) is 49.7. The van der Waals surface area contributed by atoms with Gasteiger partial charge in [-0.05, 0) is 56.8 Å². The fourth-order valence-corrected chi connectivity index (χ4v) is 6.04. The summed E-state index contributed by atoms with van der Waals surface area (Å²) in [5.41, 5.74) is 4.67. The van der Waals surface area contributed by atoms with Crippen LogP contribution in [0.4, 0.5) is 5.69 Å². The number of anilines is 1. The van der Waals surface area contributed by atoms with Crippen LogP contribution in [0.15, 0.2) is 35.9 Å². The highest BCUT2D eigenvalue weighted by molar-refractivity contribution is 6.01. The number of carboxylic acid groups (broad SMARTS) is 1. The molecule has 17 heteroatoms. The monoisotopic (exact) mass is 800 g/mol. The van der Waals surface area contributed by atoms with E-state index in [1.807, 2.05) is 48.5 Å². The Morgan fingerprint density at radius 1 is 0.825 bits per heavy atom. The van der Waals surface area contributed by atoms with E-state index in [0.717, 1.165) is 0 Å². The van der Waals surface area contributed by atoms with Crippen molar-refractivity contribution in [2.24, 2.45) is 17.1 Å². The van der Waals surface area contributed by atoms with Crippen LogP contribution < -0.4 is 37.6 Å². The minimum absolute atomic E-state index is 0.0921. The van der Waals surface area contributed by atoms with E-state index in [2.05, 4.69) is 31.9 Å². The third-order valence-electron chi connectivity index (χ3n) is 9.66. The highest BCUT2D eigenvalue weighted by Gasteiger charge is 2.42. The zero-order chi connectivity index (χ0) is 44.2. The molecule has 318 valence electrons. The number of carbonyl (C=O) groups excluding carboxylic acids is 7. The minimum atomic E-state index is -1.41. The lowest BCUT2D eigenvalue weighted by molar-refractivity contribution is -0.141. The van der Waals surface area contributed by atoms with E-state index >= 15 is 0 Å². The molecular weight excluding hydrogens is 736 g/mol. The van der Waals surface area contributed by atoms with Gasteiger partial charge >= 0.3 is 5.97 Å². The number of hydrogen-bond donors (Lipinski definition) is 8. The molecular formula is C40H64N8O9. The van der Waals surface area contributed by atoms with Crippen molar-refractivity contribution in [1.29, 1.82) is 0 Å². The molecule has 0 saturated heterocycles. The molecule has 0 fully saturated rings.